The van der Waals surface area contributed by atoms with Gasteiger partial charge in [-0.2, -0.15) is 0 Å². The van der Waals surface area contributed by atoms with Crippen molar-refractivity contribution in [3.8, 4) is 0 Å². The zero-order valence-corrected chi connectivity index (χ0v) is 18.9. The molecule has 0 bridgehead atoms. The van der Waals surface area contributed by atoms with Crippen LogP contribution in [0, 0.1) is 0 Å². The van der Waals surface area contributed by atoms with E-state index in [1.807, 2.05) is 105 Å². The third-order valence-electron chi connectivity index (χ3n) is 5.34. The molecule has 3 rings (SSSR count). The quantitative estimate of drug-likeness (QED) is 0.345. The molecule has 0 aliphatic rings. The Kier molecular flexibility index (Phi) is 9.63. The summed E-state index contributed by atoms with van der Waals surface area (Å²) >= 11 is 0. The second-order valence-electron chi connectivity index (χ2n) is 7.80. The van der Waals surface area contributed by atoms with E-state index in [4.69, 9.17) is 14.2 Å². The fourth-order valence-corrected chi connectivity index (χ4v) is 3.46. The summed E-state index contributed by atoms with van der Waals surface area (Å²) in [5.74, 6) is 0.00848. The number of carbonyl (C=O) groups excluding carboxylic acids is 1. The average molecular weight is 433 g/mol. The maximum atomic E-state index is 12.9. The Bertz CT molecular complexity index is 912. The first-order valence-corrected chi connectivity index (χ1v) is 11.2. The predicted octanol–water partition coefficient (Wildman–Crippen LogP) is 5.74. The van der Waals surface area contributed by atoms with Crippen LogP contribution in [0.4, 0.5) is 0 Å². The molecule has 0 unspecified atom stereocenters. The zero-order chi connectivity index (χ0) is 22.6. The minimum Gasteiger partial charge on any atom is -0.371 e. The summed E-state index contributed by atoms with van der Waals surface area (Å²) in [6.07, 6.45) is -1.21. The largest absolute Gasteiger partial charge is 0.371 e. The number of ether oxygens (including phenoxy) is 3. The maximum Gasteiger partial charge on any atom is 0.164 e. The van der Waals surface area contributed by atoms with Crippen LogP contribution >= 0.6 is 0 Å². The summed E-state index contributed by atoms with van der Waals surface area (Å²) in [6, 6.07) is 29.8. The summed E-state index contributed by atoms with van der Waals surface area (Å²) in [6.45, 7) is 4.96. The third kappa shape index (κ3) is 7.41. The van der Waals surface area contributed by atoms with E-state index in [1.54, 1.807) is 0 Å². The Balaban J connectivity index is 1.74. The summed E-state index contributed by atoms with van der Waals surface area (Å²) in [5.41, 5.74) is 3.13. The van der Waals surface area contributed by atoms with Crippen LogP contribution in [-0.4, -0.2) is 24.1 Å². The van der Waals surface area contributed by atoms with Gasteiger partial charge in [-0.1, -0.05) is 97.9 Å². The van der Waals surface area contributed by atoms with Gasteiger partial charge in [-0.15, -0.1) is 0 Å². The van der Waals surface area contributed by atoms with E-state index < -0.39 is 12.2 Å². The molecule has 168 valence electrons. The molecule has 3 atom stereocenters. The van der Waals surface area contributed by atoms with Gasteiger partial charge < -0.3 is 14.2 Å². The van der Waals surface area contributed by atoms with Gasteiger partial charge in [-0.05, 0) is 23.6 Å². The van der Waals surface area contributed by atoms with E-state index in [-0.39, 0.29) is 11.9 Å². The molecule has 0 aromatic heterocycles. The topological polar surface area (TPSA) is 44.8 Å². The molecule has 32 heavy (non-hydrogen) atoms. The molecule has 4 nitrogen and oxygen atoms in total. The highest BCUT2D eigenvalue weighted by molar-refractivity contribution is 5.83. The van der Waals surface area contributed by atoms with Crippen molar-refractivity contribution in [2.45, 2.75) is 58.4 Å². The highest BCUT2D eigenvalue weighted by atomic mass is 16.6. The molecule has 0 radical (unpaired) electrons. The smallest absolute Gasteiger partial charge is 0.164 e. The fraction of sp³-hybridized carbons (Fsp3) is 0.321. The summed E-state index contributed by atoms with van der Waals surface area (Å²) in [7, 11) is 0. The monoisotopic (exact) mass is 432 g/mol. The lowest BCUT2D eigenvalue weighted by Gasteiger charge is -2.31. The summed E-state index contributed by atoms with van der Waals surface area (Å²) in [5, 5.41) is 0. The standard InChI is InChI=1S/C28H32O4/c1-3-26(29)28(32-21-25-17-11-6-12-18-25)27(31-20-24-15-9-5-10-16-24)22(2)30-19-23-13-7-4-8-14-23/h4-18,22,27-28H,3,19-21H2,1-2H3/t22-,27+,28+/m1/s1. The minimum atomic E-state index is -0.713. The van der Waals surface area contributed by atoms with Crippen molar-refractivity contribution in [2.24, 2.45) is 0 Å². The van der Waals surface area contributed by atoms with Crippen LogP contribution in [0.1, 0.15) is 37.0 Å². The predicted molar refractivity (Wildman–Crippen MR) is 126 cm³/mol. The number of hydrogen-bond acceptors (Lipinski definition) is 4. The van der Waals surface area contributed by atoms with Crippen molar-refractivity contribution in [1.82, 2.24) is 0 Å². The van der Waals surface area contributed by atoms with Crippen LogP contribution in [0.5, 0.6) is 0 Å². The van der Waals surface area contributed by atoms with Gasteiger partial charge in [0.15, 0.2) is 5.78 Å². The van der Waals surface area contributed by atoms with E-state index in [2.05, 4.69) is 0 Å². The second kappa shape index (κ2) is 12.9. The Morgan fingerprint density at radius 1 is 0.656 bits per heavy atom. The van der Waals surface area contributed by atoms with Crippen molar-refractivity contribution in [3.05, 3.63) is 108 Å². The molecule has 0 N–H and O–H groups in total. The lowest BCUT2D eigenvalue weighted by Crippen LogP contribution is -2.45. The lowest BCUT2D eigenvalue weighted by atomic mass is 10.0. The van der Waals surface area contributed by atoms with Crippen LogP contribution in [0.15, 0.2) is 91.0 Å². The third-order valence-corrected chi connectivity index (χ3v) is 5.34. The highest BCUT2D eigenvalue weighted by Gasteiger charge is 2.34. The van der Waals surface area contributed by atoms with E-state index in [0.717, 1.165) is 16.7 Å². The van der Waals surface area contributed by atoms with Crippen LogP contribution in [0.2, 0.25) is 0 Å². The molecule has 0 spiro atoms. The molecule has 0 aliphatic carbocycles. The number of rotatable bonds is 13. The van der Waals surface area contributed by atoms with Gasteiger partial charge in [-0.25, -0.2) is 0 Å². The van der Waals surface area contributed by atoms with E-state index in [1.165, 1.54) is 0 Å². The minimum absolute atomic E-state index is 0.00848. The maximum absolute atomic E-state index is 12.9. The van der Waals surface area contributed by atoms with Crippen molar-refractivity contribution in [3.63, 3.8) is 0 Å². The van der Waals surface area contributed by atoms with Crippen molar-refractivity contribution in [2.75, 3.05) is 0 Å². The molecule has 0 saturated heterocycles. The first-order chi connectivity index (χ1) is 15.7. The Labute approximate surface area is 191 Å². The molecule has 0 fully saturated rings. The van der Waals surface area contributed by atoms with E-state index in [0.29, 0.717) is 26.2 Å². The second-order valence-corrected chi connectivity index (χ2v) is 7.80. The number of benzene rings is 3. The van der Waals surface area contributed by atoms with Gasteiger partial charge in [0, 0.05) is 6.42 Å². The zero-order valence-electron chi connectivity index (χ0n) is 18.9. The SMILES string of the molecule is CCC(=O)[C@H](OCc1ccccc1)[C@@H](OCc1ccccc1)[C@@H](C)OCc1ccccc1. The normalized spacial score (nSPS) is 13.9. The summed E-state index contributed by atoms with van der Waals surface area (Å²) in [4.78, 5) is 12.9. The number of hydrogen-bond donors (Lipinski definition) is 0. The van der Waals surface area contributed by atoms with E-state index >= 15 is 0 Å². The van der Waals surface area contributed by atoms with Gasteiger partial charge in [0.1, 0.15) is 12.2 Å². The van der Waals surface area contributed by atoms with Gasteiger partial charge in [-0.3, -0.25) is 4.79 Å². The Hall–Kier alpha value is -2.79. The van der Waals surface area contributed by atoms with Crippen molar-refractivity contribution in [1.29, 1.82) is 0 Å². The molecule has 0 aliphatic heterocycles. The highest BCUT2D eigenvalue weighted by Crippen LogP contribution is 2.20. The molecule has 0 saturated carbocycles. The van der Waals surface area contributed by atoms with Gasteiger partial charge in [0.25, 0.3) is 0 Å². The number of Topliss-reactive ketones (excluding diaryl/α,β-unsaturated/α-hetero) is 1. The van der Waals surface area contributed by atoms with Crippen LogP contribution < -0.4 is 0 Å². The Morgan fingerprint density at radius 2 is 1.06 bits per heavy atom. The van der Waals surface area contributed by atoms with Gasteiger partial charge >= 0.3 is 0 Å². The molecule has 3 aromatic rings. The lowest BCUT2D eigenvalue weighted by molar-refractivity contribution is -0.164. The van der Waals surface area contributed by atoms with Gasteiger partial charge in [0.2, 0.25) is 0 Å². The first-order valence-electron chi connectivity index (χ1n) is 11.2. The van der Waals surface area contributed by atoms with Crippen molar-refractivity contribution >= 4 is 5.78 Å². The van der Waals surface area contributed by atoms with Crippen molar-refractivity contribution < 1.29 is 19.0 Å². The average Bonchev–Trinajstić information content (AvgIpc) is 2.86. The number of carbonyl (C=O) groups is 1. The van der Waals surface area contributed by atoms with Crippen LogP contribution in [0.25, 0.3) is 0 Å². The van der Waals surface area contributed by atoms with E-state index in [9.17, 15) is 4.79 Å². The first kappa shape index (κ1) is 23.9. The number of ketones is 1. The molecular formula is C28H32O4. The Morgan fingerprint density at radius 3 is 1.50 bits per heavy atom. The molecule has 3 aromatic carbocycles. The van der Waals surface area contributed by atoms with Gasteiger partial charge in [0.05, 0.1) is 25.9 Å². The fourth-order valence-electron chi connectivity index (χ4n) is 3.46. The molecular weight excluding hydrogens is 400 g/mol. The van der Waals surface area contributed by atoms with Crippen LogP contribution in [0.3, 0.4) is 0 Å². The molecule has 4 heteroatoms. The molecule has 0 heterocycles. The van der Waals surface area contributed by atoms with Crippen LogP contribution in [-0.2, 0) is 38.8 Å². The summed E-state index contributed by atoms with van der Waals surface area (Å²) < 4.78 is 18.6. The molecule has 0 amide bonds.